The maximum absolute atomic E-state index is 12.3. The SMILES string of the molecule is O=C(O)C1CN(C(=O)Nc2ccc(Cl)cc2)CC1CCCB(O)O. The zero-order valence-corrected chi connectivity index (χ0v) is 13.8. The number of nitrogens with zero attached hydrogens (tertiary/aromatic N) is 1. The molecule has 2 rings (SSSR count). The van der Waals surface area contributed by atoms with E-state index in [2.05, 4.69) is 5.32 Å². The van der Waals surface area contributed by atoms with Crippen molar-refractivity contribution < 1.29 is 24.7 Å². The van der Waals surface area contributed by atoms with Gasteiger partial charge in [-0.05, 0) is 42.9 Å². The zero-order chi connectivity index (χ0) is 17.7. The molecule has 1 aliphatic rings. The highest BCUT2D eigenvalue weighted by molar-refractivity contribution is 6.40. The maximum Gasteiger partial charge on any atom is 0.451 e. The van der Waals surface area contributed by atoms with Crippen molar-refractivity contribution in [1.82, 2.24) is 4.90 Å². The highest BCUT2D eigenvalue weighted by atomic mass is 35.5. The minimum atomic E-state index is -1.39. The number of hydrogen-bond acceptors (Lipinski definition) is 4. The first-order chi connectivity index (χ1) is 11.4. The van der Waals surface area contributed by atoms with Crippen LogP contribution in [0, 0.1) is 11.8 Å². The Morgan fingerprint density at radius 1 is 1.25 bits per heavy atom. The van der Waals surface area contributed by atoms with Crippen LogP contribution < -0.4 is 5.32 Å². The summed E-state index contributed by atoms with van der Waals surface area (Å²) in [6, 6.07) is 6.30. The number of amides is 2. The van der Waals surface area contributed by atoms with E-state index in [1.54, 1.807) is 24.3 Å². The van der Waals surface area contributed by atoms with Crippen molar-refractivity contribution in [3.8, 4) is 0 Å². The Labute approximate surface area is 145 Å². The number of carbonyl (C=O) groups excluding carboxylic acids is 1. The number of halogens is 1. The quantitative estimate of drug-likeness (QED) is 0.582. The van der Waals surface area contributed by atoms with Gasteiger partial charge in [-0.1, -0.05) is 18.0 Å². The largest absolute Gasteiger partial charge is 0.481 e. The van der Waals surface area contributed by atoms with Crippen LogP contribution in [0.1, 0.15) is 12.8 Å². The van der Waals surface area contributed by atoms with E-state index in [1.807, 2.05) is 0 Å². The summed E-state index contributed by atoms with van der Waals surface area (Å²) in [5.41, 5.74) is 0.586. The molecule has 1 aromatic rings. The molecule has 1 saturated heterocycles. The van der Waals surface area contributed by atoms with Gasteiger partial charge in [-0.15, -0.1) is 0 Å². The van der Waals surface area contributed by atoms with E-state index < -0.39 is 19.0 Å². The van der Waals surface area contributed by atoms with Gasteiger partial charge in [0.15, 0.2) is 0 Å². The van der Waals surface area contributed by atoms with E-state index in [0.29, 0.717) is 30.1 Å². The summed E-state index contributed by atoms with van der Waals surface area (Å²) in [4.78, 5) is 25.2. The summed E-state index contributed by atoms with van der Waals surface area (Å²) in [6.07, 6.45) is 1.22. The van der Waals surface area contributed by atoms with Gasteiger partial charge in [0.05, 0.1) is 5.92 Å². The Kier molecular flexibility index (Phi) is 6.48. The Balaban J connectivity index is 1.94. The number of rotatable bonds is 6. The topological polar surface area (TPSA) is 110 Å². The number of anilines is 1. The molecule has 1 aromatic carbocycles. The zero-order valence-electron chi connectivity index (χ0n) is 13.1. The van der Waals surface area contributed by atoms with Crippen LogP contribution in [0.3, 0.4) is 0 Å². The Morgan fingerprint density at radius 2 is 1.92 bits per heavy atom. The van der Waals surface area contributed by atoms with Crippen molar-refractivity contribution in [2.45, 2.75) is 19.2 Å². The lowest BCUT2D eigenvalue weighted by Gasteiger charge is -2.17. The number of carboxylic acid groups (broad SMARTS) is 1. The van der Waals surface area contributed by atoms with Crippen molar-refractivity contribution >= 4 is 36.4 Å². The summed E-state index contributed by atoms with van der Waals surface area (Å²) >= 11 is 5.80. The van der Waals surface area contributed by atoms with E-state index in [0.717, 1.165) is 0 Å². The molecule has 24 heavy (non-hydrogen) atoms. The van der Waals surface area contributed by atoms with Gasteiger partial charge in [0.1, 0.15) is 0 Å². The average molecular weight is 355 g/mol. The second-order valence-electron chi connectivity index (χ2n) is 5.96. The number of hydrogen-bond donors (Lipinski definition) is 4. The summed E-state index contributed by atoms with van der Waals surface area (Å²) in [5.74, 6) is -1.78. The minimum Gasteiger partial charge on any atom is -0.481 e. The summed E-state index contributed by atoms with van der Waals surface area (Å²) in [5, 5.41) is 30.4. The number of likely N-dealkylation sites (tertiary alicyclic amines) is 1. The molecule has 0 spiro atoms. The summed E-state index contributed by atoms with van der Waals surface area (Å²) in [7, 11) is -1.39. The molecular formula is C15H20BClN2O5. The Hall–Kier alpha value is -1.77. The number of aliphatic carboxylic acids is 1. The normalized spacial score (nSPS) is 20.0. The number of carbonyl (C=O) groups is 2. The summed E-state index contributed by atoms with van der Waals surface area (Å²) in [6.45, 7) is 0.471. The van der Waals surface area contributed by atoms with Gasteiger partial charge in [0.25, 0.3) is 0 Å². The molecule has 130 valence electrons. The highest BCUT2D eigenvalue weighted by Crippen LogP contribution is 2.29. The fourth-order valence-electron chi connectivity index (χ4n) is 2.91. The van der Waals surface area contributed by atoms with Crippen LogP contribution in [-0.4, -0.2) is 52.3 Å². The average Bonchev–Trinajstić information content (AvgIpc) is 2.94. The van der Waals surface area contributed by atoms with Crippen LogP contribution in [0.15, 0.2) is 24.3 Å². The van der Waals surface area contributed by atoms with E-state index in [1.165, 1.54) is 4.90 Å². The fourth-order valence-corrected chi connectivity index (χ4v) is 3.03. The maximum atomic E-state index is 12.3. The molecule has 0 radical (unpaired) electrons. The molecule has 1 heterocycles. The lowest BCUT2D eigenvalue weighted by Crippen LogP contribution is -2.33. The van der Waals surface area contributed by atoms with E-state index in [-0.39, 0.29) is 24.8 Å². The van der Waals surface area contributed by atoms with Crippen LogP contribution in [0.2, 0.25) is 11.3 Å². The molecular weight excluding hydrogens is 334 g/mol. The molecule has 0 aromatic heterocycles. The molecule has 2 atom stereocenters. The van der Waals surface area contributed by atoms with E-state index in [9.17, 15) is 14.7 Å². The molecule has 2 unspecified atom stereocenters. The van der Waals surface area contributed by atoms with Gasteiger partial charge in [0.2, 0.25) is 0 Å². The van der Waals surface area contributed by atoms with Crippen LogP contribution >= 0.6 is 11.6 Å². The molecule has 2 amide bonds. The molecule has 0 saturated carbocycles. The van der Waals surface area contributed by atoms with Crippen LogP contribution in [0.5, 0.6) is 0 Å². The third-order valence-corrected chi connectivity index (χ3v) is 4.43. The lowest BCUT2D eigenvalue weighted by molar-refractivity contribution is -0.142. The van der Waals surface area contributed by atoms with Crippen molar-refractivity contribution in [3.05, 3.63) is 29.3 Å². The highest BCUT2D eigenvalue weighted by Gasteiger charge is 2.39. The first kappa shape index (κ1) is 18.6. The van der Waals surface area contributed by atoms with E-state index >= 15 is 0 Å². The predicted octanol–water partition coefficient (Wildman–Crippen LogP) is 1.76. The lowest BCUT2D eigenvalue weighted by atomic mass is 9.80. The van der Waals surface area contributed by atoms with Crippen molar-refractivity contribution in [3.63, 3.8) is 0 Å². The van der Waals surface area contributed by atoms with Gasteiger partial charge < -0.3 is 25.4 Å². The second kappa shape index (κ2) is 8.37. The first-order valence-corrected chi connectivity index (χ1v) is 8.15. The molecule has 9 heteroatoms. The van der Waals surface area contributed by atoms with Crippen molar-refractivity contribution in [2.75, 3.05) is 18.4 Å². The fraction of sp³-hybridized carbons (Fsp3) is 0.467. The number of carboxylic acids is 1. The predicted molar refractivity (Wildman–Crippen MR) is 90.9 cm³/mol. The minimum absolute atomic E-state index is 0.140. The number of nitrogens with one attached hydrogen (secondary N) is 1. The van der Waals surface area contributed by atoms with Crippen molar-refractivity contribution in [2.24, 2.45) is 11.8 Å². The smallest absolute Gasteiger partial charge is 0.451 e. The van der Waals surface area contributed by atoms with Crippen LogP contribution in [0.4, 0.5) is 10.5 Å². The number of urea groups is 1. The Morgan fingerprint density at radius 3 is 2.50 bits per heavy atom. The molecule has 7 nitrogen and oxygen atoms in total. The second-order valence-corrected chi connectivity index (χ2v) is 6.39. The van der Waals surface area contributed by atoms with E-state index in [4.69, 9.17) is 21.6 Å². The van der Waals surface area contributed by atoms with Gasteiger partial charge in [-0.3, -0.25) is 4.79 Å². The third-order valence-electron chi connectivity index (χ3n) is 4.18. The molecule has 0 aliphatic carbocycles. The van der Waals surface area contributed by atoms with Gasteiger partial charge in [-0.2, -0.15) is 0 Å². The van der Waals surface area contributed by atoms with Gasteiger partial charge >= 0.3 is 19.1 Å². The third kappa shape index (κ3) is 5.12. The molecule has 1 fully saturated rings. The van der Waals surface area contributed by atoms with Gasteiger partial charge in [0, 0.05) is 23.8 Å². The van der Waals surface area contributed by atoms with Crippen molar-refractivity contribution in [1.29, 1.82) is 0 Å². The first-order valence-electron chi connectivity index (χ1n) is 7.77. The standard InChI is InChI=1S/C15H20BClN2O5/c17-11-3-5-12(6-4-11)18-15(22)19-8-10(2-1-7-16(23)24)13(9-19)14(20)21/h3-6,10,13,23-24H,1-2,7-9H2,(H,18,22)(H,20,21). The number of benzene rings is 1. The Bertz CT molecular complexity index is 584. The van der Waals surface area contributed by atoms with Crippen LogP contribution in [-0.2, 0) is 4.79 Å². The van der Waals surface area contributed by atoms with Crippen LogP contribution in [0.25, 0.3) is 0 Å². The van der Waals surface area contributed by atoms with Gasteiger partial charge in [-0.25, -0.2) is 4.79 Å². The molecule has 1 aliphatic heterocycles. The summed E-state index contributed by atoms with van der Waals surface area (Å²) < 4.78 is 0. The molecule has 4 N–H and O–H groups in total. The monoisotopic (exact) mass is 354 g/mol. The molecule has 0 bridgehead atoms.